The lowest BCUT2D eigenvalue weighted by Gasteiger charge is -2.18. The molecule has 1 aromatic rings. The van der Waals surface area contributed by atoms with Gasteiger partial charge in [-0.2, -0.15) is 0 Å². The van der Waals surface area contributed by atoms with E-state index in [2.05, 4.69) is 35.8 Å². The molecule has 2 heteroatoms. The lowest BCUT2D eigenvalue weighted by molar-refractivity contribution is 0.606. The Morgan fingerprint density at radius 2 is 0.893 bits per heavy atom. The minimum Gasteiger partial charge on any atom is -0.368 e. The lowest BCUT2D eigenvalue weighted by Crippen LogP contribution is -2.05. The molecule has 0 radical (unpaired) electrons. The highest BCUT2D eigenvalue weighted by molar-refractivity contribution is 5.70. The van der Waals surface area contributed by atoms with Crippen molar-refractivity contribution in [3.05, 3.63) is 23.3 Å². The molecule has 2 aliphatic rings. The van der Waals surface area contributed by atoms with Crippen LogP contribution in [0.3, 0.4) is 0 Å². The van der Waals surface area contributed by atoms with Gasteiger partial charge in [-0.15, -0.1) is 0 Å². The summed E-state index contributed by atoms with van der Waals surface area (Å²) in [7, 11) is 0. The predicted molar refractivity (Wildman–Crippen MR) is 125 cm³/mol. The summed E-state index contributed by atoms with van der Waals surface area (Å²) in [6, 6.07) is 5.16. The van der Waals surface area contributed by atoms with Gasteiger partial charge in [0.25, 0.3) is 0 Å². The van der Waals surface area contributed by atoms with E-state index >= 15 is 0 Å². The van der Waals surface area contributed by atoms with Gasteiger partial charge in [-0.25, -0.2) is 0 Å². The van der Waals surface area contributed by atoms with Gasteiger partial charge in [0, 0.05) is 37.6 Å². The Balaban J connectivity index is 1.57. The highest BCUT2D eigenvalue weighted by atomic mass is 15.3. The molecule has 2 nitrogen and oxygen atoms in total. The number of aryl methyl sites for hydroxylation is 2. The molecular weight excluding hydrogens is 340 g/mol. The molecule has 3 rings (SSSR count). The fourth-order valence-electron chi connectivity index (χ4n) is 4.43. The zero-order valence-electron chi connectivity index (χ0n) is 18.8. The van der Waals surface area contributed by atoms with E-state index in [0.29, 0.717) is 0 Å². The Kier molecular flexibility index (Phi) is 9.02. The normalized spacial score (nSPS) is 15.4. The summed E-state index contributed by atoms with van der Waals surface area (Å²) in [5.74, 6) is 0. The van der Waals surface area contributed by atoms with E-state index in [1.807, 2.05) is 0 Å². The van der Waals surface area contributed by atoms with Crippen molar-refractivity contribution in [3.63, 3.8) is 0 Å². The number of unbranched alkanes of at least 4 members (excludes halogenated alkanes) is 10. The molecule has 0 amide bonds. The molecule has 158 valence electrons. The number of hydrogen-bond acceptors (Lipinski definition) is 2. The molecular formula is C26H44N2. The summed E-state index contributed by atoms with van der Waals surface area (Å²) in [5.41, 5.74) is 6.39. The van der Waals surface area contributed by atoms with Crippen molar-refractivity contribution in [2.24, 2.45) is 0 Å². The third-order valence-corrected chi connectivity index (χ3v) is 6.46. The van der Waals surface area contributed by atoms with Gasteiger partial charge in [-0.05, 0) is 48.9 Å². The SMILES string of the molecule is CCCCCCCCc1cc(N2CC2)c(CCCCCCCC)cc1N1CC1. The Hall–Kier alpha value is -1.18. The molecule has 2 aliphatic heterocycles. The van der Waals surface area contributed by atoms with Crippen LogP contribution < -0.4 is 9.80 Å². The van der Waals surface area contributed by atoms with E-state index in [0.717, 1.165) is 0 Å². The van der Waals surface area contributed by atoms with Crippen molar-refractivity contribution in [2.75, 3.05) is 36.0 Å². The van der Waals surface area contributed by atoms with Crippen LogP contribution in [0.25, 0.3) is 0 Å². The van der Waals surface area contributed by atoms with E-state index in [1.54, 1.807) is 22.5 Å². The van der Waals surface area contributed by atoms with Crippen LogP contribution in [0.5, 0.6) is 0 Å². The van der Waals surface area contributed by atoms with Gasteiger partial charge < -0.3 is 9.80 Å². The summed E-state index contributed by atoms with van der Waals surface area (Å²) >= 11 is 0. The van der Waals surface area contributed by atoms with Crippen molar-refractivity contribution in [1.29, 1.82) is 0 Å². The van der Waals surface area contributed by atoms with Gasteiger partial charge >= 0.3 is 0 Å². The molecule has 0 unspecified atom stereocenters. The van der Waals surface area contributed by atoms with Crippen LogP contribution in [0.2, 0.25) is 0 Å². The van der Waals surface area contributed by atoms with E-state index < -0.39 is 0 Å². The maximum absolute atomic E-state index is 2.59. The van der Waals surface area contributed by atoms with Crippen LogP contribution in [0.4, 0.5) is 11.4 Å². The fraction of sp³-hybridized carbons (Fsp3) is 0.769. The average molecular weight is 385 g/mol. The van der Waals surface area contributed by atoms with Crippen molar-refractivity contribution in [1.82, 2.24) is 0 Å². The first-order valence-electron chi connectivity index (χ1n) is 12.5. The Morgan fingerprint density at radius 3 is 1.25 bits per heavy atom. The molecule has 0 N–H and O–H groups in total. The predicted octanol–water partition coefficient (Wildman–Crippen LogP) is 7.13. The molecule has 0 spiro atoms. The highest BCUT2D eigenvalue weighted by Crippen LogP contribution is 2.37. The van der Waals surface area contributed by atoms with Crippen molar-refractivity contribution < 1.29 is 0 Å². The highest BCUT2D eigenvalue weighted by Gasteiger charge is 2.26. The lowest BCUT2D eigenvalue weighted by atomic mass is 9.97. The summed E-state index contributed by atoms with van der Waals surface area (Å²) in [6.45, 7) is 9.67. The zero-order valence-corrected chi connectivity index (χ0v) is 18.8. The number of anilines is 2. The maximum Gasteiger partial charge on any atom is 0.0404 e. The summed E-state index contributed by atoms with van der Waals surface area (Å²) in [6.07, 6.45) is 19.3. The molecule has 2 saturated heterocycles. The van der Waals surface area contributed by atoms with Crippen LogP contribution in [0.1, 0.15) is 102 Å². The summed E-state index contributed by atoms with van der Waals surface area (Å²) in [5, 5.41) is 0. The first kappa shape index (κ1) is 21.5. The summed E-state index contributed by atoms with van der Waals surface area (Å²) < 4.78 is 0. The van der Waals surface area contributed by atoms with Crippen molar-refractivity contribution >= 4 is 11.4 Å². The van der Waals surface area contributed by atoms with E-state index in [-0.39, 0.29) is 0 Å². The molecule has 2 heterocycles. The molecule has 0 aromatic heterocycles. The maximum atomic E-state index is 2.59. The van der Waals surface area contributed by atoms with E-state index in [1.165, 1.54) is 116 Å². The second kappa shape index (κ2) is 11.7. The molecule has 0 aliphatic carbocycles. The molecule has 0 saturated carbocycles. The van der Waals surface area contributed by atoms with Crippen LogP contribution in [-0.2, 0) is 12.8 Å². The number of hydrogen-bond donors (Lipinski definition) is 0. The summed E-state index contributed by atoms with van der Waals surface area (Å²) in [4.78, 5) is 5.17. The number of benzene rings is 1. The average Bonchev–Trinajstić information content (AvgIpc) is 3.60. The van der Waals surface area contributed by atoms with Gasteiger partial charge in [0.15, 0.2) is 0 Å². The second-order valence-corrected chi connectivity index (χ2v) is 9.12. The molecule has 2 fully saturated rings. The first-order valence-corrected chi connectivity index (χ1v) is 12.5. The number of rotatable bonds is 16. The third-order valence-electron chi connectivity index (χ3n) is 6.46. The fourth-order valence-corrected chi connectivity index (χ4v) is 4.43. The van der Waals surface area contributed by atoms with E-state index in [9.17, 15) is 0 Å². The Bertz CT molecular complexity index is 520. The molecule has 28 heavy (non-hydrogen) atoms. The largest absolute Gasteiger partial charge is 0.368 e. The van der Waals surface area contributed by atoms with E-state index in [4.69, 9.17) is 0 Å². The van der Waals surface area contributed by atoms with Crippen LogP contribution in [0, 0.1) is 0 Å². The molecule has 0 bridgehead atoms. The van der Waals surface area contributed by atoms with Crippen LogP contribution >= 0.6 is 0 Å². The second-order valence-electron chi connectivity index (χ2n) is 9.12. The quantitative estimate of drug-likeness (QED) is 0.221. The zero-order chi connectivity index (χ0) is 19.6. The van der Waals surface area contributed by atoms with Crippen molar-refractivity contribution in [3.8, 4) is 0 Å². The van der Waals surface area contributed by atoms with Gasteiger partial charge in [0.05, 0.1) is 0 Å². The molecule has 1 aromatic carbocycles. The number of nitrogens with zero attached hydrogens (tertiary/aromatic N) is 2. The first-order chi connectivity index (χ1) is 13.8. The minimum atomic E-state index is 1.27. The Labute approximate surface area is 174 Å². The van der Waals surface area contributed by atoms with Crippen LogP contribution in [0.15, 0.2) is 12.1 Å². The molecule has 0 atom stereocenters. The standard InChI is InChI=1S/C26H44N2/c1-3-5-7-9-11-13-15-23-21-26(28-19-20-28)24(22-25(23)27-17-18-27)16-14-12-10-8-6-4-2/h21-22H,3-20H2,1-2H3. The Morgan fingerprint density at radius 1 is 0.536 bits per heavy atom. The van der Waals surface area contributed by atoms with Gasteiger partial charge in [0.1, 0.15) is 0 Å². The monoisotopic (exact) mass is 384 g/mol. The van der Waals surface area contributed by atoms with Gasteiger partial charge in [0.2, 0.25) is 0 Å². The smallest absolute Gasteiger partial charge is 0.0404 e. The van der Waals surface area contributed by atoms with Gasteiger partial charge in [-0.3, -0.25) is 0 Å². The topological polar surface area (TPSA) is 6.02 Å². The van der Waals surface area contributed by atoms with Gasteiger partial charge in [-0.1, -0.05) is 78.1 Å². The third kappa shape index (κ3) is 7.01. The van der Waals surface area contributed by atoms with Crippen LogP contribution in [-0.4, -0.2) is 26.2 Å². The van der Waals surface area contributed by atoms with Crippen molar-refractivity contribution in [2.45, 2.75) is 104 Å². The minimum absolute atomic E-state index is 1.27.